The minimum atomic E-state index is -4.19. The Balaban J connectivity index is 2.43. The maximum absolute atomic E-state index is 13.5. The second-order valence-electron chi connectivity index (χ2n) is 3.95. The number of halogens is 2. The van der Waals surface area contributed by atoms with Crippen LogP contribution in [-0.2, 0) is 17.1 Å². The van der Waals surface area contributed by atoms with Crippen molar-refractivity contribution in [1.82, 2.24) is 9.78 Å². The van der Waals surface area contributed by atoms with Crippen molar-refractivity contribution in [3.05, 3.63) is 41.7 Å². The first-order valence-electron chi connectivity index (χ1n) is 5.28. The molecular formula is C11H11F2N3O2S. The molecule has 0 saturated carbocycles. The fraction of sp³-hybridized carbons (Fsp3) is 0.182. The summed E-state index contributed by atoms with van der Waals surface area (Å²) < 4.78 is 54.1. The van der Waals surface area contributed by atoms with Gasteiger partial charge in [-0.3, -0.25) is 9.40 Å². The van der Waals surface area contributed by atoms with E-state index in [1.165, 1.54) is 10.9 Å². The van der Waals surface area contributed by atoms with Crippen LogP contribution < -0.4 is 4.72 Å². The molecule has 0 bridgehead atoms. The van der Waals surface area contributed by atoms with E-state index < -0.39 is 26.6 Å². The lowest BCUT2D eigenvalue weighted by Crippen LogP contribution is -2.15. The van der Waals surface area contributed by atoms with Gasteiger partial charge in [-0.1, -0.05) is 0 Å². The fourth-order valence-electron chi connectivity index (χ4n) is 1.48. The molecule has 0 saturated heterocycles. The number of aromatic nitrogens is 2. The van der Waals surface area contributed by atoms with E-state index in [9.17, 15) is 17.2 Å². The maximum Gasteiger partial charge on any atom is 0.265 e. The van der Waals surface area contributed by atoms with Crippen molar-refractivity contribution in [3.63, 3.8) is 0 Å². The summed E-state index contributed by atoms with van der Waals surface area (Å²) in [4.78, 5) is -0.740. The molecule has 0 unspecified atom stereocenters. The average molecular weight is 287 g/mol. The van der Waals surface area contributed by atoms with Crippen LogP contribution in [0.5, 0.6) is 0 Å². The van der Waals surface area contributed by atoms with Gasteiger partial charge in [0.25, 0.3) is 10.0 Å². The molecule has 0 aliphatic rings. The van der Waals surface area contributed by atoms with Gasteiger partial charge in [-0.2, -0.15) is 5.10 Å². The molecule has 0 radical (unpaired) electrons. The number of nitrogens with one attached hydrogen (secondary N) is 1. The van der Waals surface area contributed by atoms with Crippen LogP contribution in [0, 0.1) is 18.6 Å². The summed E-state index contributed by atoms with van der Waals surface area (Å²) in [5.41, 5.74) is 0.770. The molecule has 2 rings (SSSR count). The van der Waals surface area contributed by atoms with Gasteiger partial charge in [-0.05, 0) is 25.1 Å². The zero-order valence-electron chi connectivity index (χ0n) is 10.2. The van der Waals surface area contributed by atoms with Crippen LogP contribution in [0.25, 0.3) is 0 Å². The Morgan fingerprint density at radius 3 is 2.58 bits per heavy atom. The van der Waals surface area contributed by atoms with Crippen molar-refractivity contribution < 1.29 is 17.2 Å². The number of hydrogen-bond donors (Lipinski definition) is 1. The summed E-state index contributed by atoms with van der Waals surface area (Å²) in [7, 11) is -2.56. The highest BCUT2D eigenvalue weighted by atomic mass is 32.2. The van der Waals surface area contributed by atoms with Gasteiger partial charge in [-0.25, -0.2) is 17.2 Å². The van der Waals surface area contributed by atoms with Gasteiger partial charge >= 0.3 is 0 Å². The lowest BCUT2D eigenvalue weighted by Gasteiger charge is -2.08. The van der Waals surface area contributed by atoms with Crippen LogP contribution in [0.1, 0.15) is 5.69 Å². The van der Waals surface area contributed by atoms with Crippen molar-refractivity contribution in [1.29, 1.82) is 0 Å². The molecule has 0 amide bonds. The van der Waals surface area contributed by atoms with Crippen LogP contribution in [0.4, 0.5) is 14.5 Å². The van der Waals surface area contributed by atoms with E-state index in [2.05, 4.69) is 9.82 Å². The first kappa shape index (κ1) is 13.5. The molecule has 0 atom stereocenters. The molecule has 0 aliphatic heterocycles. The minimum Gasteiger partial charge on any atom is -0.276 e. The summed E-state index contributed by atoms with van der Waals surface area (Å²) in [6.07, 6.45) is 1.30. The predicted molar refractivity (Wildman–Crippen MR) is 65.1 cm³/mol. The number of sulfonamides is 1. The first-order valence-corrected chi connectivity index (χ1v) is 6.76. The third kappa shape index (κ3) is 2.58. The van der Waals surface area contributed by atoms with E-state index in [0.29, 0.717) is 11.8 Å². The molecule has 5 nitrogen and oxygen atoms in total. The SMILES string of the molecule is Cc1c(NS(=O)(=O)c2cc(F)ccc2F)cnn1C. The van der Waals surface area contributed by atoms with Crippen LogP contribution in [0.2, 0.25) is 0 Å². The molecule has 19 heavy (non-hydrogen) atoms. The van der Waals surface area contributed by atoms with Crippen LogP contribution in [-0.4, -0.2) is 18.2 Å². The smallest absolute Gasteiger partial charge is 0.265 e. The van der Waals surface area contributed by atoms with Gasteiger partial charge < -0.3 is 0 Å². The Labute approximate surface area is 108 Å². The van der Waals surface area contributed by atoms with E-state index in [4.69, 9.17) is 0 Å². The van der Waals surface area contributed by atoms with E-state index in [1.807, 2.05) is 0 Å². The fourth-order valence-corrected chi connectivity index (χ4v) is 2.67. The topological polar surface area (TPSA) is 64.0 Å². The normalized spacial score (nSPS) is 11.6. The van der Waals surface area contributed by atoms with Crippen molar-refractivity contribution in [2.24, 2.45) is 7.05 Å². The summed E-state index contributed by atoms with van der Waals surface area (Å²) in [6, 6.07) is 2.24. The predicted octanol–water partition coefficient (Wildman–Crippen LogP) is 1.81. The number of hydrogen-bond acceptors (Lipinski definition) is 3. The molecule has 8 heteroatoms. The highest BCUT2D eigenvalue weighted by Crippen LogP contribution is 2.21. The van der Waals surface area contributed by atoms with Crippen molar-refractivity contribution >= 4 is 15.7 Å². The first-order chi connectivity index (χ1) is 8.81. The lowest BCUT2D eigenvalue weighted by molar-refractivity contribution is 0.555. The van der Waals surface area contributed by atoms with Crippen molar-refractivity contribution in [2.75, 3.05) is 4.72 Å². The molecule has 1 aromatic heterocycles. The standard InChI is InChI=1S/C11H11F2N3O2S/c1-7-10(6-14-16(7)2)15-19(17,18)11-5-8(12)3-4-9(11)13/h3-6,15H,1-2H3. The molecule has 1 heterocycles. The van der Waals surface area contributed by atoms with Gasteiger partial charge in [0.15, 0.2) is 0 Å². The molecule has 2 aromatic rings. The minimum absolute atomic E-state index is 0.214. The Morgan fingerprint density at radius 2 is 2.00 bits per heavy atom. The third-order valence-electron chi connectivity index (χ3n) is 2.66. The summed E-state index contributed by atoms with van der Waals surface area (Å²) >= 11 is 0. The number of rotatable bonds is 3. The van der Waals surface area contributed by atoms with Crippen LogP contribution in [0.15, 0.2) is 29.3 Å². The van der Waals surface area contributed by atoms with Crippen molar-refractivity contribution in [3.8, 4) is 0 Å². The lowest BCUT2D eigenvalue weighted by atomic mass is 10.3. The molecular weight excluding hydrogens is 276 g/mol. The Hall–Kier alpha value is -1.96. The molecule has 1 N–H and O–H groups in total. The van der Waals surface area contributed by atoms with Gasteiger partial charge in [-0.15, -0.1) is 0 Å². The molecule has 1 aromatic carbocycles. The molecule has 102 valence electrons. The molecule has 0 aliphatic carbocycles. The average Bonchev–Trinajstić information content (AvgIpc) is 2.63. The molecule has 0 fully saturated rings. The van der Waals surface area contributed by atoms with E-state index in [-0.39, 0.29) is 5.69 Å². The number of aryl methyl sites for hydroxylation is 1. The maximum atomic E-state index is 13.5. The van der Waals surface area contributed by atoms with Gasteiger partial charge in [0, 0.05) is 7.05 Å². The van der Waals surface area contributed by atoms with Gasteiger partial charge in [0.1, 0.15) is 16.5 Å². The highest BCUT2D eigenvalue weighted by Gasteiger charge is 2.21. The molecule has 0 spiro atoms. The number of nitrogens with zero attached hydrogens (tertiary/aromatic N) is 2. The second kappa shape index (κ2) is 4.61. The van der Waals surface area contributed by atoms with Gasteiger partial charge in [0.2, 0.25) is 0 Å². The zero-order chi connectivity index (χ0) is 14.2. The largest absolute Gasteiger partial charge is 0.276 e. The van der Waals surface area contributed by atoms with E-state index in [0.717, 1.165) is 12.1 Å². The monoisotopic (exact) mass is 287 g/mol. The van der Waals surface area contributed by atoms with E-state index >= 15 is 0 Å². The summed E-state index contributed by atoms with van der Waals surface area (Å²) in [5.74, 6) is -1.85. The van der Waals surface area contributed by atoms with Crippen LogP contribution in [0.3, 0.4) is 0 Å². The Morgan fingerprint density at radius 1 is 1.32 bits per heavy atom. The zero-order valence-corrected chi connectivity index (χ0v) is 11.0. The second-order valence-corrected chi connectivity index (χ2v) is 5.60. The quantitative estimate of drug-likeness (QED) is 0.936. The summed E-state index contributed by atoms with van der Waals surface area (Å²) in [6.45, 7) is 1.65. The van der Waals surface area contributed by atoms with Crippen LogP contribution >= 0.6 is 0 Å². The van der Waals surface area contributed by atoms with E-state index in [1.54, 1.807) is 14.0 Å². The Bertz CT molecular complexity index is 726. The Kier molecular flexibility index (Phi) is 3.27. The van der Waals surface area contributed by atoms with Gasteiger partial charge in [0.05, 0.1) is 17.6 Å². The highest BCUT2D eigenvalue weighted by molar-refractivity contribution is 7.92. The summed E-state index contributed by atoms with van der Waals surface area (Å²) in [5, 5.41) is 3.86. The number of anilines is 1. The third-order valence-corrected chi connectivity index (χ3v) is 4.04. The number of benzene rings is 1. The van der Waals surface area contributed by atoms with Crippen molar-refractivity contribution in [2.45, 2.75) is 11.8 Å².